The van der Waals surface area contributed by atoms with Crippen LogP contribution in [0.15, 0.2) is 54.6 Å². The monoisotopic (exact) mass is 333 g/mol. The maximum Gasteiger partial charge on any atom is 0.119 e. The van der Waals surface area contributed by atoms with Gasteiger partial charge in [0.1, 0.15) is 5.75 Å². The molecule has 1 aliphatic heterocycles. The summed E-state index contributed by atoms with van der Waals surface area (Å²) in [6.45, 7) is 7.30. The fourth-order valence-corrected chi connectivity index (χ4v) is 4.12. The molecule has 25 heavy (non-hydrogen) atoms. The van der Waals surface area contributed by atoms with Crippen LogP contribution in [-0.2, 0) is 0 Å². The number of nitrogens with one attached hydrogen (secondary N) is 1. The van der Waals surface area contributed by atoms with Gasteiger partial charge in [-0.05, 0) is 54.5 Å². The molecule has 1 heterocycles. The van der Waals surface area contributed by atoms with Crippen LogP contribution in [-0.4, -0.2) is 6.61 Å². The average Bonchev–Trinajstić information content (AvgIpc) is 3.09. The van der Waals surface area contributed by atoms with Crippen LogP contribution in [0.4, 0.5) is 5.69 Å². The first-order valence-electron chi connectivity index (χ1n) is 9.38. The molecule has 0 saturated carbocycles. The van der Waals surface area contributed by atoms with Gasteiger partial charge in [-0.2, -0.15) is 0 Å². The van der Waals surface area contributed by atoms with Crippen LogP contribution < -0.4 is 10.1 Å². The second-order valence-electron chi connectivity index (χ2n) is 7.84. The van der Waals surface area contributed by atoms with E-state index in [0.717, 1.165) is 18.8 Å². The molecule has 0 aromatic heterocycles. The third kappa shape index (κ3) is 3.18. The van der Waals surface area contributed by atoms with Crippen molar-refractivity contribution in [1.82, 2.24) is 0 Å². The van der Waals surface area contributed by atoms with Gasteiger partial charge in [0.2, 0.25) is 0 Å². The third-order valence-electron chi connectivity index (χ3n) is 5.32. The molecule has 0 spiro atoms. The maximum absolute atomic E-state index is 5.96. The van der Waals surface area contributed by atoms with Crippen LogP contribution in [0.1, 0.15) is 48.9 Å². The molecule has 2 nitrogen and oxygen atoms in total. The first-order chi connectivity index (χ1) is 12.1. The highest BCUT2D eigenvalue weighted by atomic mass is 16.5. The van der Waals surface area contributed by atoms with Gasteiger partial charge in [0.15, 0.2) is 0 Å². The molecule has 1 N–H and O–H groups in total. The molecule has 2 aromatic carbocycles. The Hall–Kier alpha value is -2.22. The smallest absolute Gasteiger partial charge is 0.119 e. The van der Waals surface area contributed by atoms with Crippen molar-refractivity contribution in [1.29, 1.82) is 0 Å². The summed E-state index contributed by atoms with van der Waals surface area (Å²) in [4.78, 5) is 0. The number of aryl methyl sites for hydroxylation is 1. The molecule has 3 unspecified atom stereocenters. The quantitative estimate of drug-likeness (QED) is 0.708. The zero-order chi connectivity index (χ0) is 17.4. The molecule has 3 atom stereocenters. The van der Waals surface area contributed by atoms with Gasteiger partial charge in [0.25, 0.3) is 0 Å². The van der Waals surface area contributed by atoms with Crippen LogP contribution in [0.3, 0.4) is 0 Å². The van der Waals surface area contributed by atoms with Gasteiger partial charge < -0.3 is 10.1 Å². The molecule has 2 aromatic rings. The number of rotatable bonds is 4. The lowest BCUT2D eigenvalue weighted by Gasteiger charge is -2.37. The number of hydrogen-bond donors (Lipinski definition) is 1. The highest BCUT2D eigenvalue weighted by molar-refractivity contribution is 5.61. The summed E-state index contributed by atoms with van der Waals surface area (Å²) in [7, 11) is 0. The lowest BCUT2D eigenvalue weighted by atomic mass is 9.77. The van der Waals surface area contributed by atoms with E-state index in [0.29, 0.717) is 23.8 Å². The second-order valence-corrected chi connectivity index (χ2v) is 7.84. The average molecular weight is 333 g/mol. The van der Waals surface area contributed by atoms with E-state index in [1.54, 1.807) is 0 Å². The Bertz CT molecular complexity index is 792. The number of allylic oxidation sites excluding steroid dienone is 2. The van der Waals surface area contributed by atoms with Gasteiger partial charge in [-0.3, -0.25) is 0 Å². The fourth-order valence-electron chi connectivity index (χ4n) is 4.12. The predicted molar refractivity (Wildman–Crippen MR) is 104 cm³/mol. The molecule has 2 aliphatic rings. The van der Waals surface area contributed by atoms with Crippen molar-refractivity contribution >= 4 is 5.69 Å². The molecule has 2 heteroatoms. The summed E-state index contributed by atoms with van der Waals surface area (Å²) >= 11 is 0. The minimum atomic E-state index is 0.370. The molecule has 0 amide bonds. The summed E-state index contributed by atoms with van der Waals surface area (Å²) in [5, 5.41) is 3.81. The van der Waals surface area contributed by atoms with Gasteiger partial charge in [0.05, 0.1) is 12.6 Å². The molecule has 4 rings (SSSR count). The molecule has 1 aliphatic carbocycles. The Balaban J connectivity index is 1.66. The van der Waals surface area contributed by atoms with E-state index >= 15 is 0 Å². The highest BCUT2D eigenvalue weighted by Gasteiger charge is 2.38. The number of hydrogen-bond acceptors (Lipinski definition) is 2. The van der Waals surface area contributed by atoms with Crippen molar-refractivity contribution in [2.75, 3.05) is 11.9 Å². The Morgan fingerprint density at radius 2 is 2.04 bits per heavy atom. The molecule has 130 valence electrons. The van der Waals surface area contributed by atoms with Crippen LogP contribution in [0.5, 0.6) is 5.75 Å². The van der Waals surface area contributed by atoms with Crippen LogP contribution in [0, 0.1) is 18.8 Å². The molecular formula is C23H27NO. The lowest BCUT2D eigenvalue weighted by molar-refractivity contribution is 0.270. The van der Waals surface area contributed by atoms with Crippen molar-refractivity contribution in [3.63, 3.8) is 0 Å². The zero-order valence-electron chi connectivity index (χ0n) is 15.3. The van der Waals surface area contributed by atoms with Gasteiger partial charge >= 0.3 is 0 Å². The maximum atomic E-state index is 5.96. The van der Waals surface area contributed by atoms with Crippen LogP contribution in [0.2, 0.25) is 0 Å². The van der Waals surface area contributed by atoms with Crippen LogP contribution in [0.25, 0.3) is 0 Å². The topological polar surface area (TPSA) is 21.3 Å². The van der Waals surface area contributed by atoms with E-state index in [1.165, 1.54) is 22.4 Å². The summed E-state index contributed by atoms with van der Waals surface area (Å²) in [5.74, 6) is 2.58. The third-order valence-corrected chi connectivity index (χ3v) is 5.32. The van der Waals surface area contributed by atoms with E-state index in [4.69, 9.17) is 4.74 Å². The fraction of sp³-hybridized carbons (Fsp3) is 0.391. The highest BCUT2D eigenvalue weighted by Crippen LogP contribution is 2.50. The largest absolute Gasteiger partial charge is 0.493 e. The first kappa shape index (κ1) is 16.3. The summed E-state index contributed by atoms with van der Waals surface area (Å²) in [5.41, 5.74) is 5.34. The Kier molecular flexibility index (Phi) is 4.29. The van der Waals surface area contributed by atoms with Gasteiger partial charge in [0, 0.05) is 11.6 Å². The van der Waals surface area contributed by atoms with Gasteiger partial charge in [-0.25, -0.2) is 0 Å². The van der Waals surface area contributed by atoms with E-state index in [1.807, 2.05) is 0 Å². The summed E-state index contributed by atoms with van der Waals surface area (Å²) in [6.07, 6.45) is 5.86. The molecule has 0 saturated heterocycles. The Morgan fingerprint density at radius 3 is 2.84 bits per heavy atom. The van der Waals surface area contributed by atoms with E-state index in [-0.39, 0.29) is 0 Å². The molecular weight excluding hydrogens is 306 g/mol. The number of ether oxygens (including phenoxy) is 1. The van der Waals surface area contributed by atoms with E-state index in [2.05, 4.69) is 80.7 Å². The standard InChI is InChI=1S/C23H27NO/c1-15(2)14-25-18-10-11-22-21(13-18)19-8-5-9-20(19)23(24-22)17-7-4-6-16(3)12-17/h4-8,10-13,15,19-20,23-24H,9,14H2,1-3H3. The van der Waals surface area contributed by atoms with Crippen molar-refractivity contribution in [3.05, 3.63) is 71.3 Å². The number of benzene rings is 2. The van der Waals surface area contributed by atoms with Crippen molar-refractivity contribution in [2.45, 2.75) is 39.2 Å². The molecule has 0 radical (unpaired) electrons. The first-order valence-corrected chi connectivity index (χ1v) is 9.38. The SMILES string of the molecule is Cc1cccc(C2Nc3ccc(OCC(C)C)cc3C3C=CCC32)c1. The summed E-state index contributed by atoms with van der Waals surface area (Å²) < 4.78 is 5.96. The molecule has 0 fully saturated rings. The number of anilines is 1. The van der Waals surface area contributed by atoms with Crippen molar-refractivity contribution in [3.8, 4) is 5.75 Å². The van der Waals surface area contributed by atoms with E-state index < -0.39 is 0 Å². The van der Waals surface area contributed by atoms with Gasteiger partial charge in [-0.1, -0.05) is 55.8 Å². The number of fused-ring (bicyclic) bond motifs is 3. The van der Waals surface area contributed by atoms with Gasteiger partial charge in [-0.15, -0.1) is 0 Å². The van der Waals surface area contributed by atoms with Crippen molar-refractivity contribution in [2.24, 2.45) is 11.8 Å². The normalized spacial score (nSPS) is 23.9. The van der Waals surface area contributed by atoms with E-state index in [9.17, 15) is 0 Å². The summed E-state index contributed by atoms with van der Waals surface area (Å²) in [6, 6.07) is 15.8. The Morgan fingerprint density at radius 1 is 1.16 bits per heavy atom. The lowest BCUT2D eigenvalue weighted by Crippen LogP contribution is -2.29. The minimum absolute atomic E-state index is 0.370. The Labute approximate surface area is 150 Å². The predicted octanol–water partition coefficient (Wildman–Crippen LogP) is 5.86. The second kappa shape index (κ2) is 6.59. The van der Waals surface area contributed by atoms with Crippen molar-refractivity contribution < 1.29 is 4.74 Å². The minimum Gasteiger partial charge on any atom is -0.493 e. The van der Waals surface area contributed by atoms with Crippen LogP contribution >= 0.6 is 0 Å². The molecule has 0 bridgehead atoms. The zero-order valence-corrected chi connectivity index (χ0v) is 15.3.